The molecule has 2 heteroatoms. The molecular formula is C9H18Br2. The van der Waals surface area contributed by atoms with Crippen LogP contribution in [0.2, 0.25) is 0 Å². The molecule has 0 heterocycles. The first-order chi connectivity index (χ1) is 5.12. The van der Waals surface area contributed by atoms with Crippen LogP contribution in [0.15, 0.2) is 0 Å². The summed E-state index contributed by atoms with van der Waals surface area (Å²) >= 11 is 7.16. The van der Waals surface area contributed by atoms with Crippen LogP contribution in [0.3, 0.4) is 0 Å². The molecule has 0 spiro atoms. The van der Waals surface area contributed by atoms with Gasteiger partial charge in [-0.1, -0.05) is 51.6 Å². The molecular weight excluding hydrogens is 268 g/mol. The van der Waals surface area contributed by atoms with Crippen molar-refractivity contribution in [1.29, 1.82) is 0 Å². The Morgan fingerprint density at radius 1 is 1.18 bits per heavy atom. The number of rotatable bonds is 6. The van der Waals surface area contributed by atoms with Crippen molar-refractivity contribution in [3.05, 3.63) is 0 Å². The Balaban J connectivity index is 3.23. The number of hydrogen-bond acceptors (Lipinski definition) is 0. The maximum absolute atomic E-state index is 3.72. The second-order valence-electron chi connectivity index (χ2n) is 3.27. The van der Waals surface area contributed by atoms with Gasteiger partial charge in [-0.15, -0.1) is 0 Å². The van der Waals surface area contributed by atoms with Crippen molar-refractivity contribution in [3.8, 4) is 0 Å². The molecule has 0 saturated carbocycles. The van der Waals surface area contributed by atoms with Gasteiger partial charge in [0.2, 0.25) is 0 Å². The molecule has 0 aromatic carbocycles. The van der Waals surface area contributed by atoms with Gasteiger partial charge in [0.1, 0.15) is 0 Å². The lowest BCUT2D eigenvalue weighted by Crippen LogP contribution is -2.13. The molecule has 0 aromatic heterocycles. The van der Waals surface area contributed by atoms with Crippen LogP contribution >= 0.6 is 31.9 Å². The van der Waals surface area contributed by atoms with Crippen LogP contribution in [0.1, 0.15) is 46.0 Å². The van der Waals surface area contributed by atoms with Crippen molar-refractivity contribution < 1.29 is 0 Å². The van der Waals surface area contributed by atoms with Crippen LogP contribution in [0.5, 0.6) is 0 Å². The Kier molecular flexibility index (Phi) is 7.04. The highest BCUT2D eigenvalue weighted by Crippen LogP contribution is 2.27. The molecule has 0 aliphatic rings. The fourth-order valence-corrected chi connectivity index (χ4v) is 1.62. The van der Waals surface area contributed by atoms with Gasteiger partial charge in [0.05, 0.1) is 0 Å². The van der Waals surface area contributed by atoms with Gasteiger partial charge in [-0.05, 0) is 26.2 Å². The normalized spacial score (nSPS) is 16.4. The maximum atomic E-state index is 3.72. The van der Waals surface area contributed by atoms with E-state index in [0.717, 1.165) is 5.33 Å². The zero-order valence-electron chi connectivity index (χ0n) is 7.50. The molecule has 0 fully saturated rings. The van der Waals surface area contributed by atoms with E-state index in [9.17, 15) is 0 Å². The largest absolute Gasteiger partial charge is 0.0928 e. The van der Waals surface area contributed by atoms with Gasteiger partial charge < -0.3 is 0 Å². The van der Waals surface area contributed by atoms with E-state index < -0.39 is 0 Å². The average Bonchev–Trinajstić information content (AvgIpc) is 1.99. The molecule has 0 amide bonds. The minimum Gasteiger partial charge on any atom is -0.0928 e. The molecule has 0 saturated heterocycles. The van der Waals surface area contributed by atoms with Gasteiger partial charge >= 0.3 is 0 Å². The maximum Gasteiger partial charge on any atom is 0.0227 e. The highest BCUT2D eigenvalue weighted by Gasteiger charge is 2.15. The second kappa shape index (κ2) is 6.47. The summed E-state index contributed by atoms with van der Waals surface area (Å²) in [5, 5.41) is 1.15. The van der Waals surface area contributed by atoms with Crippen LogP contribution in [-0.4, -0.2) is 9.65 Å². The molecule has 0 rings (SSSR count). The van der Waals surface area contributed by atoms with Gasteiger partial charge in [0, 0.05) is 9.65 Å². The van der Waals surface area contributed by atoms with Gasteiger partial charge in [-0.3, -0.25) is 0 Å². The lowest BCUT2D eigenvalue weighted by molar-refractivity contribution is 0.536. The first kappa shape index (κ1) is 12.0. The molecule has 1 atom stereocenters. The third-order valence-corrected chi connectivity index (χ3v) is 3.59. The minimum atomic E-state index is 0.388. The summed E-state index contributed by atoms with van der Waals surface area (Å²) in [5.41, 5.74) is 0. The smallest absolute Gasteiger partial charge is 0.0227 e. The van der Waals surface area contributed by atoms with Crippen molar-refractivity contribution in [2.45, 2.75) is 50.3 Å². The Bertz CT molecular complexity index is 89.6. The molecule has 0 aliphatic heterocycles. The highest BCUT2D eigenvalue weighted by molar-refractivity contribution is 9.10. The predicted octanol–water partition coefficient (Wildman–Crippen LogP) is 4.51. The van der Waals surface area contributed by atoms with Crippen LogP contribution in [0, 0.1) is 0 Å². The van der Waals surface area contributed by atoms with E-state index in [0.29, 0.717) is 4.32 Å². The summed E-state index contributed by atoms with van der Waals surface area (Å²) in [4.78, 5) is 0. The summed E-state index contributed by atoms with van der Waals surface area (Å²) in [6.07, 6.45) is 6.54. The molecule has 0 aromatic rings. The van der Waals surface area contributed by atoms with Crippen molar-refractivity contribution in [1.82, 2.24) is 0 Å². The van der Waals surface area contributed by atoms with Crippen molar-refractivity contribution in [2.75, 3.05) is 5.33 Å². The van der Waals surface area contributed by atoms with Crippen LogP contribution < -0.4 is 0 Å². The van der Waals surface area contributed by atoms with Gasteiger partial charge in [0.25, 0.3) is 0 Å². The molecule has 68 valence electrons. The molecule has 0 N–H and O–H groups in total. The third-order valence-electron chi connectivity index (χ3n) is 2.07. The van der Waals surface area contributed by atoms with Gasteiger partial charge in [0.15, 0.2) is 0 Å². The first-order valence-electron chi connectivity index (χ1n) is 4.37. The monoisotopic (exact) mass is 284 g/mol. The summed E-state index contributed by atoms with van der Waals surface area (Å²) in [7, 11) is 0. The Morgan fingerprint density at radius 2 is 1.82 bits per heavy atom. The van der Waals surface area contributed by atoms with Crippen molar-refractivity contribution in [3.63, 3.8) is 0 Å². The second-order valence-corrected chi connectivity index (χ2v) is 5.97. The Hall–Kier alpha value is 0.960. The number of alkyl halides is 2. The predicted molar refractivity (Wildman–Crippen MR) is 59.9 cm³/mol. The quantitative estimate of drug-likeness (QED) is 0.498. The summed E-state index contributed by atoms with van der Waals surface area (Å²) < 4.78 is 0.388. The topological polar surface area (TPSA) is 0 Å². The lowest BCUT2D eigenvalue weighted by atomic mass is 10.0. The molecule has 11 heavy (non-hydrogen) atoms. The molecule has 0 radical (unpaired) electrons. The summed E-state index contributed by atoms with van der Waals surface area (Å²) in [5.74, 6) is 0. The molecule has 0 bridgehead atoms. The van der Waals surface area contributed by atoms with Crippen molar-refractivity contribution >= 4 is 31.9 Å². The van der Waals surface area contributed by atoms with E-state index in [2.05, 4.69) is 45.7 Å². The van der Waals surface area contributed by atoms with Crippen LogP contribution in [0.4, 0.5) is 0 Å². The number of halogens is 2. The van der Waals surface area contributed by atoms with E-state index in [1.165, 1.54) is 32.1 Å². The zero-order chi connectivity index (χ0) is 8.74. The molecule has 0 nitrogen and oxygen atoms in total. The van der Waals surface area contributed by atoms with Crippen LogP contribution in [0.25, 0.3) is 0 Å². The minimum absolute atomic E-state index is 0.388. The fourth-order valence-electron chi connectivity index (χ4n) is 0.942. The van der Waals surface area contributed by atoms with E-state index >= 15 is 0 Å². The van der Waals surface area contributed by atoms with Gasteiger partial charge in [-0.2, -0.15) is 0 Å². The van der Waals surface area contributed by atoms with Gasteiger partial charge in [-0.25, -0.2) is 0 Å². The average molecular weight is 286 g/mol. The summed E-state index contributed by atoms with van der Waals surface area (Å²) in [6.45, 7) is 4.51. The standard InChI is InChI=1S/C9H18Br2/c1-3-9(2,11)7-5-4-6-8-10/h3-8H2,1-2H3/t9-/m0/s1. The SMILES string of the molecule is CC[C@](C)(Br)CCCCCBr. The summed E-state index contributed by atoms with van der Waals surface area (Å²) in [6, 6.07) is 0. The zero-order valence-corrected chi connectivity index (χ0v) is 10.7. The molecule has 0 unspecified atom stereocenters. The Morgan fingerprint density at radius 3 is 2.27 bits per heavy atom. The lowest BCUT2D eigenvalue weighted by Gasteiger charge is -2.19. The van der Waals surface area contributed by atoms with E-state index in [4.69, 9.17) is 0 Å². The highest BCUT2D eigenvalue weighted by atomic mass is 79.9. The van der Waals surface area contributed by atoms with E-state index in [1.54, 1.807) is 0 Å². The van der Waals surface area contributed by atoms with Crippen molar-refractivity contribution in [2.24, 2.45) is 0 Å². The molecule has 0 aliphatic carbocycles. The van der Waals surface area contributed by atoms with E-state index in [1.807, 2.05) is 0 Å². The third kappa shape index (κ3) is 7.32. The Labute approximate surface area is 87.4 Å². The van der Waals surface area contributed by atoms with Crippen LogP contribution in [-0.2, 0) is 0 Å². The first-order valence-corrected chi connectivity index (χ1v) is 6.28. The number of hydrogen-bond donors (Lipinski definition) is 0. The fraction of sp³-hybridized carbons (Fsp3) is 1.00. The number of unbranched alkanes of at least 4 members (excludes halogenated alkanes) is 2. The van der Waals surface area contributed by atoms with E-state index in [-0.39, 0.29) is 0 Å².